The monoisotopic (exact) mass is 236 g/mol. The Morgan fingerprint density at radius 2 is 1.29 bits per heavy atom. The van der Waals surface area contributed by atoms with Gasteiger partial charge in [0.15, 0.2) is 0 Å². The topological polar surface area (TPSA) is 58.2 Å². The van der Waals surface area contributed by atoms with Gasteiger partial charge in [-0.05, 0) is 12.8 Å². The van der Waals surface area contributed by atoms with Crippen LogP contribution in [0.25, 0.3) is 0 Å². The molecule has 0 aromatic heterocycles. The van der Waals surface area contributed by atoms with E-state index in [9.17, 15) is 9.59 Å². The van der Waals surface area contributed by atoms with Crippen LogP contribution >= 0.6 is 22.0 Å². The lowest BCUT2D eigenvalue weighted by Gasteiger charge is -2.03. The van der Waals surface area contributed by atoms with E-state index in [2.05, 4.69) is 9.44 Å². The zero-order valence-electron chi connectivity index (χ0n) is 8.46. The first kappa shape index (κ1) is 13.6. The highest BCUT2D eigenvalue weighted by molar-refractivity contribution is 8.75. The first-order valence-electron chi connectivity index (χ1n) is 4.60. The van der Waals surface area contributed by atoms with Gasteiger partial charge in [-0.3, -0.25) is 19.0 Å². The number of rotatable bonds is 7. The van der Waals surface area contributed by atoms with Crippen molar-refractivity contribution in [2.24, 2.45) is 0 Å². The third kappa shape index (κ3) is 8.25. The van der Waals surface area contributed by atoms with E-state index >= 15 is 0 Å². The predicted octanol–water partition coefficient (Wildman–Crippen LogP) is 2.03. The molecular formula is C8H16N2O2S2. The molecule has 0 spiro atoms. The van der Waals surface area contributed by atoms with Crippen molar-refractivity contribution >= 4 is 33.8 Å². The van der Waals surface area contributed by atoms with Gasteiger partial charge in [-0.1, -0.05) is 13.8 Å². The highest BCUT2D eigenvalue weighted by Crippen LogP contribution is 2.13. The van der Waals surface area contributed by atoms with Crippen LogP contribution < -0.4 is 9.44 Å². The smallest absolute Gasteiger partial charge is 0.230 e. The van der Waals surface area contributed by atoms with Gasteiger partial charge in [-0.25, -0.2) is 0 Å². The largest absolute Gasteiger partial charge is 0.290 e. The molecule has 0 heterocycles. The number of hydrogen-bond donors (Lipinski definition) is 2. The summed E-state index contributed by atoms with van der Waals surface area (Å²) in [6.07, 6.45) is 2.71. The lowest BCUT2D eigenvalue weighted by Crippen LogP contribution is -2.17. The van der Waals surface area contributed by atoms with Gasteiger partial charge in [0.05, 0.1) is 0 Å². The fourth-order valence-corrected chi connectivity index (χ4v) is 1.97. The van der Waals surface area contributed by atoms with Gasteiger partial charge in [0.2, 0.25) is 11.8 Å². The van der Waals surface area contributed by atoms with E-state index < -0.39 is 0 Å². The van der Waals surface area contributed by atoms with Crippen molar-refractivity contribution in [1.82, 2.24) is 9.44 Å². The van der Waals surface area contributed by atoms with Gasteiger partial charge >= 0.3 is 0 Å². The van der Waals surface area contributed by atoms with E-state index in [0.717, 1.165) is 34.8 Å². The summed E-state index contributed by atoms with van der Waals surface area (Å²) in [6.45, 7) is 3.89. The van der Waals surface area contributed by atoms with E-state index in [1.165, 1.54) is 0 Å². The van der Waals surface area contributed by atoms with Crippen molar-refractivity contribution in [2.45, 2.75) is 39.5 Å². The highest BCUT2D eigenvalue weighted by Gasteiger charge is 2.01. The molecule has 0 fully saturated rings. The molecule has 0 saturated heterocycles. The minimum absolute atomic E-state index is 0.00487. The van der Waals surface area contributed by atoms with E-state index in [1.54, 1.807) is 0 Å². The molecule has 2 amide bonds. The molecule has 0 bridgehead atoms. The molecule has 82 valence electrons. The Bertz CT molecular complexity index is 168. The summed E-state index contributed by atoms with van der Waals surface area (Å²) < 4.78 is 5.21. The summed E-state index contributed by atoms with van der Waals surface area (Å²) in [7, 11) is 2.28. The van der Waals surface area contributed by atoms with Gasteiger partial charge < -0.3 is 0 Å². The van der Waals surface area contributed by atoms with E-state index in [0.29, 0.717) is 12.8 Å². The first-order valence-corrected chi connectivity index (χ1v) is 6.75. The second-order valence-electron chi connectivity index (χ2n) is 2.72. The molecule has 0 saturated carbocycles. The zero-order chi connectivity index (χ0) is 10.8. The number of amides is 2. The minimum atomic E-state index is -0.00487. The standard InChI is InChI=1S/C8H16N2O2S2/c1-3-5-7(11)9-13-14-10-8(12)6-4-2/h3-6H2,1-2H3,(H,9,11)(H,10,12). The van der Waals surface area contributed by atoms with Crippen LogP contribution in [0.2, 0.25) is 0 Å². The molecule has 0 radical (unpaired) electrons. The Morgan fingerprint density at radius 3 is 1.57 bits per heavy atom. The van der Waals surface area contributed by atoms with Crippen LogP contribution in [-0.4, -0.2) is 11.8 Å². The summed E-state index contributed by atoms with van der Waals surface area (Å²) in [4.78, 5) is 21.9. The van der Waals surface area contributed by atoms with Crippen molar-refractivity contribution in [2.75, 3.05) is 0 Å². The van der Waals surface area contributed by atoms with Crippen LogP contribution in [-0.2, 0) is 9.59 Å². The lowest BCUT2D eigenvalue weighted by molar-refractivity contribution is -0.120. The third-order valence-corrected chi connectivity index (χ3v) is 2.76. The molecule has 6 heteroatoms. The van der Waals surface area contributed by atoms with Crippen molar-refractivity contribution in [3.05, 3.63) is 0 Å². The number of carbonyl (C=O) groups excluding carboxylic acids is 2. The Labute approximate surface area is 92.6 Å². The van der Waals surface area contributed by atoms with Crippen molar-refractivity contribution in [1.29, 1.82) is 0 Å². The van der Waals surface area contributed by atoms with Gasteiger partial charge in [-0.15, -0.1) is 0 Å². The van der Waals surface area contributed by atoms with Crippen molar-refractivity contribution in [3.63, 3.8) is 0 Å². The molecule has 0 aliphatic carbocycles. The van der Waals surface area contributed by atoms with Crippen molar-refractivity contribution < 1.29 is 9.59 Å². The third-order valence-electron chi connectivity index (χ3n) is 1.31. The van der Waals surface area contributed by atoms with Crippen molar-refractivity contribution in [3.8, 4) is 0 Å². The molecule has 0 aromatic rings. The van der Waals surface area contributed by atoms with Gasteiger partial charge in [0.25, 0.3) is 0 Å². The summed E-state index contributed by atoms with van der Waals surface area (Å²) in [5, 5.41) is 0. The molecule has 0 rings (SSSR count). The fraction of sp³-hybridized carbons (Fsp3) is 0.750. The molecule has 0 unspecified atom stereocenters. The van der Waals surface area contributed by atoms with Crippen LogP contribution in [0, 0.1) is 0 Å². The Balaban J connectivity index is 3.28. The molecule has 0 atom stereocenters. The second kappa shape index (κ2) is 9.21. The van der Waals surface area contributed by atoms with Crippen LogP contribution in [0.5, 0.6) is 0 Å². The Morgan fingerprint density at radius 1 is 0.929 bits per heavy atom. The van der Waals surface area contributed by atoms with Crippen LogP contribution in [0.4, 0.5) is 0 Å². The molecule has 4 nitrogen and oxygen atoms in total. The number of carbonyl (C=O) groups is 2. The molecule has 0 aliphatic heterocycles. The maximum Gasteiger partial charge on any atom is 0.230 e. The Kier molecular flexibility index (Phi) is 8.97. The highest BCUT2D eigenvalue weighted by atomic mass is 33.1. The Hall–Kier alpha value is -0.360. The normalized spacial score (nSPS) is 9.57. The van der Waals surface area contributed by atoms with E-state index in [-0.39, 0.29) is 11.8 Å². The summed E-state index contributed by atoms with van der Waals surface area (Å²) >= 11 is 0. The predicted molar refractivity (Wildman–Crippen MR) is 61.3 cm³/mol. The van der Waals surface area contributed by atoms with Crippen LogP contribution in [0.15, 0.2) is 0 Å². The molecule has 2 N–H and O–H groups in total. The van der Waals surface area contributed by atoms with Crippen LogP contribution in [0.1, 0.15) is 39.5 Å². The first-order chi connectivity index (χ1) is 6.70. The molecule has 14 heavy (non-hydrogen) atoms. The summed E-state index contributed by atoms with van der Waals surface area (Å²) in [5.41, 5.74) is 0. The van der Waals surface area contributed by atoms with Gasteiger partial charge in [0, 0.05) is 34.8 Å². The quantitative estimate of drug-likeness (QED) is 0.403. The van der Waals surface area contributed by atoms with E-state index in [1.807, 2.05) is 13.8 Å². The minimum Gasteiger partial charge on any atom is -0.290 e. The molecular weight excluding hydrogens is 220 g/mol. The second-order valence-corrected chi connectivity index (χ2v) is 4.46. The van der Waals surface area contributed by atoms with Gasteiger partial charge in [-0.2, -0.15) is 0 Å². The summed E-state index contributed by atoms with van der Waals surface area (Å²) in [6, 6.07) is 0. The maximum atomic E-state index is 11.0. The van der Waals surface area contributed by atoms with E-state index in [4.69, 9.17) is 0 Å². The summed E-state index contributed by atoms with van der Waals surface area (Å²) in [5.74, 6) is -0.00974. The number of nitrogens with one attached hydrogen (secondary N) is 2. The van der Waals surface area contributed by atoms with Gasteiger partial charge in [0.1, 0.15) is 0 Å². The molecule has 0 aliphatic rings. The fourth-order valence-electron chi connectivity index (χ4n) is 0.691. The lowest BCUT2D eigenvalue weighted by atomic mass is 10.3. The average Bonchev–Trinajstić information content (AvgIpc) is 2.13. The van der Waals surface area contributed by atoms with Crippen LogP contribution in [0.3, 0.4) is 0 Å². The molecule has 0 aromatic carbocycles. The maximum absolute atomic E-state index is 11.0. The zero-order valence-corrected chi connectivity index (χ0v) is 10.1. The average molecular weight is 236 g/mol. The number of hydrogen-bond acceptors (Lipinski definition) is 4. The SMILES string of the molecule is CCCC(=O)NSSNC(=O)CCC.